The second kappa shape index (κ2) is 13.4. The Bertz CT molecular complexity index is 983. The molecule has 0 radical (unpaired) electrons. The summed E-state index contributed by atoms with van der Waals surface area (Å²) in [7, 11) is 3.16. The molecule has 6 nitrogen and oxygen atoms in total. The fourth-order valence-corrected chi connectivity index (χ4v) is 3.95. The lowest BCUT2D eigenvalue weighted by Gasteiger charge is -2.31. The van der Waals surface area contributed by atoms with E-state index in [2.05, 4.69) is 5.32 Å². The Labute approximate surface area is 212 Å². The van der Waals surface area contributed by atoms with Crippen LogP contribution in [0.25, 0.3) is 0 Å². The van der Waals surface area contributed by atoms with Crippen molar-refractivity contribution in [2.75, 3.05) is 14.2 Å². The second-order valence-electron chi connectivity index (χ2n) is 8.20. The molecular formula is C26H34Cl2N2O4. The van der Waals surface area contributed by atoms with Gasteiger partial charge in [-0.15, -0.1) is 0 Å². The van der Waals surface area contributed by atoms with Gasteiger partial charge in [0.1, 0.15) is 6.04 Å². The molecule has 0 saturated carbocycles. The minimum Gasteiger partial charge on any atom is -0.493 e. The largest absolute Gasteiger partial charge is 0.493 e. The van der Waals surface area contributed by atoms with Crippen molar-refractivity contribution in [1.29, 1.82) is 0 Å². The van der Waals surface area contributed by atoms with E-state index in [1.54, 1.807) is 31.3 Å². The molecule has 0 unspecified atom stereocenters. The van der Waals surface area contributed by atoms with Gasteiger partial charge in [0.15, 0.2) is 11.5 Å². The lowest BCUT2D eigenvalue weighted by Crippen LogP contribution is -2.50. The summed E-state index contributed by atoms with van der Waals surface area (Å²) in [6.45, 7) is 6.12. The SMILES string of the molecule is CC[C@H](C)NC(=O)[C@H](CC)N(Cc1ccc(Cl)c(Cl)c1)C(=O)CCc1ccc(OC)c(OC)c1. The number of amides is 2. The molecule has 2 aromatic carbocycles. The number of halogens is 2. The number of aryl methyl sites for hydroxylation is 1. The van der Waals surface area contributed by atoms with Crippen molar-refractivity contribution in [3.05, 3.63) is 57.6 Å². The summed E-state index contributed by atoms with van der Waals surface area (Å²) in [5.74, 6) is 0.967. The van der Waals surface area contributed by atoms with Crippen molar-refractivity contribution < 1.29 is 19.1 Å². The van der Waals surface area contributed by atoms with Crippen molar-refractivity contribution >= 4 is 35.0 Å². The molecule has 0 aromatic heterocycles. The van der Waals surface area contributed by atoms with Gasteiger partial charge in [0.2, 0.25) is 11.8 Å². The van der Waals surface area contributed by atoms with Gasteiger partial charge in [0, 0.05) is 19.0 Å². The van der Waals surface area contributed by atoms with Crippen LogP contribution >= 0.6 is 23.2 Å². The summed E-state index contributed by atoms with van der Waals surface area (Å²) in [4.78, 5) is 28.1. The van der Waals surface area contributed by atoms with E-state index in [1.807, 2.05) is 45.0 Å². The number of nitrogens with zero attached hydrogens (tertiary/aromatic N) is 1. The topological polar surface area (TPSA) is 67.9 Å². The standard InChI is InChI=1S/C26H34Cl2N2O4/c1-6-17(3)29-26(32)22(7-2)30(16-19-8-11-20(27)21(28)14-19)25(31)13-10-18-9-12-23(33-4)24(15-18)34-5/h8-9,11-12,14-15,17,22H,6-7,10,13,16H2,1-5H3,(H,29,32)/t17-,22-/m0/s1. The quantitative estimate of drug-likeness (QED) is 0.401. The number of hydrogen-bond acceptors (Lipinski definition) is 4. The van der Waals surface area contributed by atoms with Crippen molar-refractivity contribution in [2.24, 2.45) is 0 Å². The first-order valence-electron chi connectivity index (χ1n) is 11.5. The highest BCUT2D eigenvalue weighted by molar-refractivity contribution is 6.42. The monoisotopic (exact) mass is 508 g/mol. The number of rotatable bonds is 12. The number of methoxy groups -OCH3 is 2. The molecular weight excluding hydrogens is 475 g/mol. The van der Waals surface area contributed by atoms with Crippen LogP contribution in [0.2, 0.25) is 10.0 Å². The molecule has 0 aliphatic heterocycles. The molecule has 2 atom stereocenters. The minimum atomic E-state index is -0.596. The Hall–Kier alpha value is -2.44. The van der Waals surface area contributed by atoms with Crippen LogP contribution in [0.1, 0.15) is 51.2 Å². The molecule has 2 amide bonds. The van der Waals surface area contributed by atoms with E-state index in [4.69, 9.17) is 32.7 Å². The Kier molecular flexibility index (Phi) is 11.0. The zero-order chi connectivity index (χ0) is 25.3. The summed E-state index contributed by atoms with van der Waals surface area (Å²) in [5.41, 5.74) is 1.75. The molecule has 0 heterocycles. The first-order chi connectivity index (χ1) is 16.2. The zero-order valence-electron chi connectivity index (χ0n) is 20.5. The van der Waals surface area contributed by atoms with Gasteiger partial charge in [0.05, 0.1) is 24.3 Å². The van der Waals surface area contributed by atoms with Gasteiger partial charge in [-0.25, -0.2) is 0 Å². The van der Waals surface area contributed by atoms with Gasteiger partial charge in [-0.3, -0.25) is 9.59 Å². The van der Waals surface area contributed by atoms with Gasteiger partial charge < -0.3 is 19.7 Å². The maximum Gasteiger partial charge on any atom is 0.243 e. The van der Waals surface area contributed by atoms with E-state index in [0.717, 1.165) is 17.5 Å². The molecule has 0 bridgehead atoms. The third-order valence-corrected chi connectivity index (χ3v) is 6.54. The smallest absolute Gasteiger partial charge is 0.243 e. The Morgan fingerprint density at radius 1 is 0.941 bits per heavy atom. The Morgan fingerprint density at radius 3 is 2.21 bits per heavy atom. The second-order valence-corrected chi connectivity index (χ2v) is 9.02. The number of carbonyl (C=O) groups excluding carboxylic acids is 2. The van der Waals surface area contributed by atoms with Crippen LogP contribution in [0.5, 0.6) is 11.5 Å². The molecule has 0 saturated heterocycles. The van der Waals surface area contributed by atoms with Gasteiger partial charge in [-0.1, -0.05) is 49.2 Å². The predicted molar refractivity (Wildman–Crippen MR) is 137 cm³/mol. The van der Waals surface area contributed by atoms with Crippen LogP contribution in [-0.2, 0) is 22.6 Å². The molecule has 1 N–H and O–H groups in total. The summed E-state index contributed by atoms with van der Waals surface area (Å²) >= 11 is 12.3. The molecule has 0 aliphatic carbocycles. The number of hydrogen-bond donors (Lipinski definition) is 1. The van der Waals surface area contributed by atoms with Crippen LogP contribution in [0.15, 0.2) is 36.4 Å². The van der Waals surface area contributed by atoms with Gasteiger partial charge in [-0.05, 0) is 61.6 Å². The van der Waals surface area contributed by atoms with Crippen molar-refractivity contribution in [3.63, 3.8) is 0 Å². The molecule has 8 heteroatoms. The van der Waals surface area contributed by atoms with E-state index < -0.39 is 6.04 Å². The zero-order valence-corrected chi connectivity index (χ0v) is 22.0. The normalized spacial score (nSPS) is 12.6. The summed E-state index contributed by atoms with van der Waals surface area (Å²) in [6, 6.07) is 10.3. The predicted octanol–water partition coefficient (Wildman–Crippen LogP) is 5.67. The van der Waals surface area contributed by atoms with E-state index in [-0.39, 0.29) is 30.8 Å². The molecule has 0 spiro atoms. The van der Waals surface area contributed by atoms with E-state index in [9.17, 15) is 9.59 Å². The van der Waals surface area contributed by atoms with Crippen LogP contribution in [-0.4, -0.2) is 43.0 Å². The molecule has 2 aromatic rings. The van der Waals surface area contributed by atoms with E-state index >= 15 is 0 Å². The summed E-state index contributed by atoms with van der Waals surface area (Å²) in [6.07, 6.45) is 2.04. The molecule has 34 heavy (non-hydrogen) atoms. The highest BCUT2D eigenvalue weighted by Gasteiger charge is 2.29. The van der Waals surface area contributed by atoms with E-state index in [1.165, 1.54) is 0 Å². The third kappa shape index (κ3) is 7.54. The van der Waals surface area contributed by atoms with Crippen LogP contribution in [0, 0.1) is 0 Å². The number of carbonyl (C=O) groups is 2. The Morgan fingerprint density at radius 2 is 1.62 bits per heavy atom. The molecule has 2 rings (SSSR count). The third-order valence-electron chi connectivity index (χ3n) is 5.80. The maximum absolute atomic E-state index is 13.4. The maximum atomic E-state index is 13.4. The highest BCUT2D eigenvalue weighted by Crippen LogP contribution is 2.28. The van der Waals surface area contributed by atoms with Gasteiger partial charge in [0.25, 0.3) is 0 Å². The average molecular weight is 509 g/mol. The molecule has 0 aliphatic rings. The highest BCUT2D eigenvalue weighted by atomic mass is 35.5. The molecule has 0 fully saturated rings. The summed E-state index contributed by atoms with van der Waals surface area (Å²) < 4.78 is 10.7. The van der Waals surface area contributed by atoms with Crippen LogP contribution < -0.4 is 14.8 Å². The fourth-order valence-electron chi connectivity index (χ4n) is 3.63. The molecule has 186 valence electrons. The summed E-state index contributed by atoms with van der Waals surface area (Å²) in [5, 5.41) is 3.87. The van der Waals surface area contributed by atoms with Crippen molar-refractivity contribution in [1.82, 2.24) is 10.2 Å². The minimum absolute atomic E-state index is 0.0234. The van der Waals surface area contributed by atoms with Gasteiger partial charge in [-0.2, -0.15) is 0 Å². The average Bonchev–Trinajstić information content (AvgIpc) is 2.84. The van der Waals surface area contributed by atoms with E-state index in [0.29, 0.717) is 34.4 Å². The fraction of sp³-hybridized carbons (Fsp3) is 0.462. The number of benzene rings is 2. The Balaban J connectivity index is 2.26. The lowest BCUT2D eigenvalue weighted by molar-refractivity contribution is -0.141. The van der Waals surface area contributed by atoms with Crippen LogP contribution in [0.3, 0.4) is 0 Å². The first kappa shape index (κ1) is 27.8. The van der Waals surface area contributed by atoms with Crippen LogP contribution in [0.4, 0.5) is 0 Å². The number of ether oxygens (including phenoxy) is 2. The van der Waals surface area contributed by atoms with Crippen molar-refractivity contribution in [2.45, 2.75) is 65.1 Å². The lowest BCUT2D eigenvalue weighted by atomic mass is 10.1. The first-order valence-corrected chi connectivity index (χ1v) is 12.2. The van der Waals surface area contributed by atoms with Gasteiger partial charge >= 0.3 is 0 Å². The van der Waals surface area contributed by atoms with Crippen molar-refractivity contribution in [3.8, 4) is 11.5 Å². The number of nitrogens with one attached hydrogen (secondary N) is 1.